The van der Waals surface area contributed by atoms with E-state index in [0.717, 1.165) is 31.9 Å². The number of nitrogens with one attached hydrogen (secondary N) is 1. The van der Waals surface area contributed by atoms with Crippen molar-refractivity contribution in [1.82, 2.24) is 5.32 Å². The lowest BCUT2D eigenvalue weighted by Crippen LogP contribution is -2.40. The molecule has 0 bridgehead atoms. The average Bonchev–Trinajstić information content (AvgIpc) is 2.38. The van der Waals surface area contributed by atoms with Crippen molar-refractivity contribution in [2.45, 2.75) is 50.7 Å². The predicted molar refractivity (Wildman–Crippen MR) is 70.8 cm³/mol. The summed E-state index contributed by atoms with van der Waals surface area (Å²) in [4.78, 5) is 0. The number of hydrogen-bond acceptors (Lipinski definition) is 2. The van der Waals surface area contributed by atoms with Gasteiger partial charge in [-0.1, -0.05) is 13.0 Å². The molecule has 1 saturated carbocycles. The lowest BCUT2D eigenvalue weighted by atomic mass is 9.77. The van der Waals surface area contributed by atoms with Crippen LogP contribution in [0.15, 0.2) is 18.2 Å². The van der Waals surface area contributed by atoms with E-state index in [1.54, 1.807) is 0 Å². The molecule has 0 saturated heterocycles. The highest BCUT2D eigenvalue weighted by atomic mass is 19.1. The van der Waals surface area contributed by atoms with E-state index in [1.165, 1.54) is 12.1 Å². The van der Waals surface area contributed by atoms with E-state index in [9.17, 15) is 13.9 Å². The van der Waals surface area contributed by atoms with E-state index in [2.05, 4.69) is 12.2 Å². The maximum Gasteiger partial charge on any atom is 0.132 e. The molecule has 1 aromatic carbocycles. The second kappa shape index (κ2) is 5.97. The average molecular weight is 269 g/mol. The largest absolute Gasteiger partial charge is 0.385 e. The van der Waals surface area contributed by atoms with Crippen LogP contribution in [0.4, 0.5) is 8.78 Å². The van der Waals surface area contributed by atoms with E-state index in [4.69, 9.17) is 0 Å². The fourth-order valence-electron chi connectivity index (χ4n) is 2.78. The maximum absolute atomic E-state index is 13.8. The Labute approximate surface area is 112 Å². The highest BCUT2D eigenvalue weighted by molar-refractivity contribution is 5.25. The van der Waals surface area contributed by atoms with Gasteiger partial charge in [-0.2, -0.15) is 0 Å². The zero-order chi connectivity index (χ0) is 13.9. The minimum atomic E-state index is -1.15. The fraction of sp³-hybridized carbons (Fsp3) is 0.600. The van der Waals surface area contributed by atoms with Gasteiger partial charge in [0.15, 0.2) is 0 Å². The molecule has 2 nitrogen and oxygen atoms in total. The van der Waals surface area contributed by atoms with E-state index in [-0.39, 0.29) is 5.56 Å². The summed E-state index contributed by atoms with van der Waals surface area (Å²) in [5, 5.41) is 14.0. The molecule has 2 rings (SSSR count). The summed E-state index contributed by atoms with van der Waals surface area (Å²) >= 11 is 0. The molecule has 1 aliphatic rings. The maximum atomic E-state index is 13.8. The molecule has 0 aliphatic heterocycles. The first-order valence-corrected chi connectivity index (χ1v) is 6.96. The van der Waals surface area contributed by atoms with Crippen LogP contribution in [0.2, 0.25) is 0 Å². The summed E-state index contributed by atoms with van der Waals surface area (Å²) in [6.07, 6.45) is 3.72. The molecule has 106 valence electrons. The number of halogens is 2. The topological polar surface area (TPSA) is 32.3 Å². The van der Waals surface area contributed by atoms with E-state index >= 15 is 0 Å². The van der Waals surface area contributed by atoms with Crippen molar-refractivity contribution in [3.05, 3.63) is 35.4 Å². The normalized spacial score (nSPS) is 27.5. The molecule has 1 aromatic rings. The van der Waals surface area contributed by atoms with Gasteiger partial charge in [-0.3, -0.25) is 0 Å². The summed E-state index contributed by atoms with van der Waals surface area (Å²) in [7, 11) is 0. The molecule has 2 N–H and O–H groups in total. The predicted octanol–water partition coefficient (Wildman–Crippen LogP) is 3.09. The monoisotopic (exact) mass is 269 g/mol. The van der Waals surface area contributed by atoms with Gasteiger partial charge >= 0.3 is 0 Å². The molecule has 1 aliphatic carbocycles. The second-order valence-corrected chi connectivity index (χ2v) is 5.38. The number of aliphatic hydroxyl groups is 1. The Morgan fingerprint density at radius 2 is 2.00 bits per heavy atom. The molecule has 19 heavy (non-hydrogen) atoms. The van der Waals surface area contributed by atoms with Crippen LogP contribution in [0.5, 0.6) is 0 Å². The molecule has 1 fully saturated rings. The third kappa shape index (κ3) is 3.31. The molecule has 0 radical (unpaired) electrons. The van der Waals surface area contributed by atoms with Crippen LogP contribution >= 0.6 is 0 Å². The molecule has 0 heterocycles. The zero-order valence-corrected chi connectivity index (χ0v) is 11.3. The highest BCUT2D eigenvalue weighted by Gasteiger charge is 2.36. The summed E-state index contributed by atoms with van der Waals surface area (Å²) in [5.74, 6) is -1.26. The van der Waals surface area contributed by atoms with Crippen molar-refractivity contribution in [2.24, 2.45) is 0 Å². The van der Waals surface area contributed by atoms with Gasteiger partial charge in [0, 0.05) is 17.7 Å². The van der Waals surface area contributed by atoms with Crippen LogP contribution in [0.1, 0.15) is 44.6 Å². The molecule has 0 unspecified atom stereocenters. The van der Waals surface area contributed by atoms with Crippen LogP contribution in [0.3, 0.4) is 0 Å². The summed E-state index contributed by atoms with van der Waals surface area (Å²) in [6, 6.07) is 3.81. The Hall–Kier alpha value is -1.00. The third-order valence-electron chi connectivity index (χ3n) is 3.93. The van der Waals surface area contributed by atoms with Crippen molar-refractivity contribution in [3.63, 3.8) is 0 Å². The van der Waals surface area contributed by atoms with E-state index in [1.807, 2.05) is 0 Å². The van der Waals surface area contributed by atoms with Crippen molar-refractivity contribution in [2.75, 3.05) is 6.54 Å². The van der Waals surface area contributed by atoms with E-state index in [0.29, 0.717) is 18.9 Å². The number of hydrogen-bond donors (Lipinski definition) is 2. The molecule has 0 amide bonds. The van der Waals surface area contributed by atoms with Gasteiger partial charge in [-0.25, -0.2) is 8.78 Å². The van der Waals surface area contributed by atoms with Crippen molar-refractivity contribution in [1.29, 1.82) is 0 Å². The van der Waals surface area contributed by atoms with Gasteiger partial charge in [-0.05, 0) is 44.7 Å². The van der Waals surface area contributed by atoms with Crippen molar-refractivity contribution >= 4 is 0 Å². The molecule has 0 spiro atoms. The minimum Gasteiger partial charge on any atom is -0.385 e. The Morgan fingerprint density at radius 3 is 2.58 bits per heavy atom. The minimum absolute atomic E-state index is 0.225. The standard InChI is InChI=1S/C15H21F2NO/c1-2-9-18-12-5-7-15(19,8-6-12)13-4-3-11(16)10-14(13)17/h3-4,10,12,18-19H,2,5-9H2,1H3. The van der Waals surface area contributed by atoms with Gasteiger partial charge < -0.3 is 10.4 Å². The van der Waals surface area contributed by atoms with Gasteiger partial charge in [0.1, 0.15) is 11.6 Å². The third-order valence-corrected chi connectivity index (χ3v) is 3.93. The quantitative estimate of drug-likeness (QED) is 0.880. The second-order valence-electron chi connectivity index (χ2n) is 5.38. The number of benzene rings is 1. The molecular weight excluding hydrogens is 248 g/mol. The van der Waals surface area contributed by atoms with Crippen molar-refractivity contribution < 1.29 is 13.9 Å². The zero-order valence-electron chi connectivity index (χ0n) is 11.3. The lowest BCUT2D eigenvalue weighted by molar-refractivity contribution is -0.0113. The summed E-state index contributed by atoms with van der Waals surface area (Å²) in [5.41, 5.74) is -0.926. The van der Waals surface area contributed by atoms with Gasteiger partial charge in [-0.15, -0.1) is 0 Å². The first-order chi connectivity index (χ1) is 9.05. The summed E-state index contributed by atoms with van der Waals surface area (Å²) in [6.45, 7) is 3.08. The van der Waals surface area contributed by atoms with Gasteiger partial charge in [0.2, 0.25) is 0 Å². The number of rotatable bonds is 4. The smallest absolute Gasteiger partial charge is 0.132 e. The highest BCUT2D eigenvalue weighted by Crippen LogP contribution is 2.38. The first kappa shape index (κ1) is 14.4. The first-order valence-electron chi connectivity index (χ1n) is 6.96. The summed E-state index contributed by atoms with van der Waals surface area (Å²) < 4.78 is 26.7. The van der Waals surface area contributed by atoms with Crippen LogP contribution in [-0.2, 0) is 5.60 Å². The van der Waals surface area contributed by atoms with Crippen LogP contribution in [0, 0.1) is 11.6 Å². The van der Waals surface area contributed by atoms with Crippen LogP contribution in [0.25, 0.3) is 0 Å². The van der Waals surface area contributed by atoms with Gasteiger partial charge in [0.25, 0.3) is 0 Å². The SMILES string of the molecule is CCCNC1CCC(O)(c2ccc(F)cc2F)CC1. The van der Waals surface area contributed by atoms with E-state index < -0.39 is 17.2 Å². The lowest BCUT2D eigenvalue weighted by Gasteiger charge is -2.37. The Bertz CT molecular complexity index is 428. The Balaban J connectivity index is 2.05. The van der Waals surface area contributed by atoms with Gasteiger partial charge in [0.05, 0.1) is 5.60 Å². The Kier molecular flexibility index (Phi) is 4.53. The van der Waals surface area contributed by atoms with Crippen molar-refractivity contribution in [3.8, 4) is 0 Å². The molecule has 0 aromatic heterocycles. The Morgan fingerprint density at radius 1 is 1.32 bits per heavy atom. The van der Waals surface area contributed by atoms with Crippen LogP contribution < -0.4 is 5.32 Å². The molecule has 0 atom stereocenters. The molecular formula is C15H21F2NO. The molecule has 4 heteroatoms. The van der Waals surface area contributed by atoms with Crippen LogP contribution in [-0.4, -0.2) is 17.7 Å². The fourth-order valence-corrected chi connectivity index (χ4v) is 2.78.